The summed E-state index contributed by atoms with van der Waals surface area (Å²) < 4.78 is 10.6. The largest absolute Gasteiger partial charge is 0.478 e. The van der Waals surface area contributed by atoms with Gasteiger partial charge < -0.3 is 25.5 Å². The van der Waals surface area contributed by atoms with Gasteiger partial charge in [-0.3, -0.25) is 19.7 Å². The van der Waals surface area contributed by atoms with Gasteiger partial charge in [-0.1, -0.05) is 6.07 Å². The molecule has 3 rings (SSSR count). The van der Waals surface area contributed by atoms with Crippen molar-refractivity contribution in [3.63, 3.8) is 0 Å². The standard InChI is InChI=1S/C19H23N5O5/c1-2-28-18(27)12(20)9-11-3-4-14-13(10-11)23-17(26)15(29-14)5-6-16(25)24-19-21-7-8-22-19/h3-4,7-8,10,12,15H,2,5-6,9,20H2,1H3,(H,23,26)(H2,21,22,24,25)/t12-,15+/m0/s1. The van der Waals surface area contributed by atoms with Crippen LogP contribution in [-0.4, -0.2) is 46.5 Å². The van der Waals surface area contributed by atoms with Gasteiger partial charge in [0.05, 0.1) is 12.3 Å². The predicted molar refractivity (Wildman–Crippen MR) is 104 cm³/mol. The van der Waals surface area contributed by atoms with E-state index in [1.54, 1.807) is 31.3 Å². The maximum Gasteiger partial charge on any atom is 0.323 e. The fourth-order valence-electron chi connectivity index (χ4n) is 2.89. The number of rotatable bonds is 8. The maximum absolute atomic E-state index is 12.3. The number of esters is 1. The van der Waals surface area contributed by atoms with E-state index >= 15 is 0 Å². The van der Waals surface area contributed by atoms with E-state index in [-0.39, 0.29) is 37.7 Å². The number of carbonyl (C=O) groups excluding carboxylic acids is 3. The fourth-order valence-corrected chi connectivity index (χ4v) is 2.89. The molecule has 0 unspecified atom stereocenters. The van der Waals surface area contributed by atoms with Gasteiger partial charge in [0.2, 0.25) is 11.9 Å². The molecule has 5 N–H and O–H groups in total. The molecule has 1 aromatic heterocycles. The Balaban J connectivity index is 1.56. The Kier molecular flexibility index (Phi) is 6.45. The summed E-state index contributed by atoms with van der Waals surface area (Å²) in [5, 5.41) is 5.37. The van der Waals surface area contributed by atoms with Gasteiger partial charge in [0.1, 0.15) is 11.8 Å². The van der Waals surface area contributed by atoms with Crippen LogP contribution in [0.4, 0.5) is 11.6 Å². The highest BCUT2D eigenvalue weighted by molar-refractivity contribution is 5.98. The first-order valence-electron chi connectivity index (χ1n) is 9.28. The van der Waals surface area contributed by atoms with Crippen molar-refractivity contribution in [2.24, 2.45) is 5.73 Å². The van der Waals surface area contributed by atoms with E-state index in [0.717, 1.165) is 5.56 Å². The quantitative estimate of drug-likeness (QED) is 0.481. The van der Waals surface area contributed by atoms with Crippen molar-refractivity contribution in [2.45, 2.75) is 38.3 Å². The molecule has 0 saturated carbocycles. The number of nitrogens with one attached hydrogen (secondary N) is 3. The summed E-state index contributed by atoms with van der Waals surface area (Å²) in [5.41, 5.74) is 7.11. The molecule has 1 aliphatic rings. The number of H-pyrrole nitrogens is 1. The molecule has 1 aromatic carbocycles. The number of nitrogens with zero attached hydrogens (tertiary/aromatic N) is 1. The lowest BCUT2D eigenvalue weighted by Crippen LogP contribution is -2.38. The van der Waals surface area contributed by atoms with Gasteiger partial charge in [0, 0.05) is 25.2 Å². The van der Waals surface area contributed by atoms with Crippen LogP contribution in [0.15, 0.2) is 30.6 Å². The van der Waals surface area contributed by atoms with Gasteiger partial charge in [-0.25, -0.2) is 4.98 Å². The zero-order chi connectivity index (χ0) is 20.8. The van der Waals surface area contributed by atoms with Crippen molar-refractivity contribution in [2.75, 3.05) is 17.2 Å². The van der Waals surface area contributed by atoms with Gasteiger partial charge in [-0.15, -0.1) is 0 Å². The third-order valence-corrected chi connectivity index (χ3v) is 4.30. The SMILES string of the molecule is CCOC(=O)[C@@H](N)Cc1ccc2c(c1)NC(=O)[C@@H](CCC(=O)Nc1ncc[nH]1)O2. The number of carbonyl (C=O) groups is 3. The summed E-state index contributed by atoms with van der Waals surface area (Å²) in [6.45, 7) is 1.98. The highest BCUT2D eigenvalue weighted by Crippen LogP contribution is 2.32. The molecule has 0 saturated heterocycles. The Labute approximate surface area is 167 Å². The van der Waals surface area contributed by atoms with Crippen molar-refractivity contribution in [1.82, 2.24) is 9.97 Å². The Morgan fingerprint density at radius 1 is 1.41 bits per heavy atom. The van der Waals surface area contributed by atoms with Gasteiger partial charge in [0.25, 0.3) is 5.91 Å². The molecule has 154 valence electrons. The van der Waals surface area contributed by atoms with Crippen LogP contribution >= 0.6 is 0 Å². The molecule has 2 amide bonds. The first-order chi connectivity index (χ1) is 14.0. The molecule has 0 spiro atoms. The number of aromatic nitrogens is 2. The second-order valence-electron chi connectivity index (χ2n) is 6.51. The molecule has 0 fully saturated rings. The Morgan fingerprint density at radius 2 is 2.24 bits per heavy atom. The van der Waals surface area contributed by atoms with Crippen molar-refractivity contribution in [1.29, 1.82) is 0 Å². The van der Waals surface area contributed by atoms with Crippen LogP contribution in [0.3, 0.4) is 0 Å². The van der Waals surface area contributed by atoms with Crippen LogP contribution in [0.1, 0.15) is 25.3 Å². The summed E-state index contributed by atoms with van der Waals surface area (Å²) in [4.78, 5) is 42.6. The van der Waals surface area contributed by atoms with Crippen LogP contribution in [-0.2, 0) is 25.5 Å². The summed E-state index contributed by atoms with van der Waals surface area (Å²) in [7, 11) is 0. The lowest BCUT2D eigenvalue weighted by molar-refractivity contribution is -0.144. The van der Waals surface area contributed by atoms with Crippen LogP contribution < -0.4 is 21.1 Å². The second-order valence-corrected chi connectivity index (χ2v) is 6.51. The van der Waals surface area contributed by atoms with Gasteiger partial charge >= 0.3 is 5.97 Å². The Bertz CT molecular complexity index is 883. The smallest absolute Gasteiger partial charge is 0.323 e. The minimum atomic E-state index is -0.784. The zero-order valence-electron chi connectivity index (χ0n) is 15.9. The van der Waals surface area contributed by atoms with E-state index in [2.05, 4.69) is 20.6 Å². The van der Waals surface area contributed by atoms with Crippen molar-refractivity contribution in [3.05, 3.63) is 36.2 Å². The third-order valence-electron chi connectivity index (χ3n) is 4.30. The Hall–Kier alpha value is -3.40. The third kappa shape index (κ3) is 5.32. The van der Waals surface area contributed by atoms with Crippen LogP contribution in [0.2, 0.25) is 0 Å². The highest BCUT2D eigenvalue weighted by Gasteiger charge is 2.28. The number of amides is 2. The molecular weight excluding hydrogens is 378 g/mol. The number of hydrogen-bond donors (Lipinski definition) is 4. The maximum atomic E-state index is 12.3. The number of fused-ring (bicyclic) bond motifs is 1. The molecule has 10 nitrogen and oxygen atoms in total. The van der Waals surface area contributed by atoms with E-state index in [1.165, 1.54) is 6.20 Å². The number of anilines is 2. The number of imidazole rings is 1. The van der Waals surface area contributed by atoms with Gasteiger partial charge in [0.15, 0.2) is 6.10 Å². The second kappa shape index (κ2) is 9.20. The average molecular weight is 401 g/mol. The van der Waals surface area contributed by atoms with Crippen molar-refractivity contribution in [3.8, 4) is 5.75 Å². The number of ether oxygens (including phenoxy) is 2. The number of nitrogens with two attached hydrogens (primary N) is 1. The molecule has 0 bridgehead atoms. The van der Waals surface area contributed by atoms with Gasteiger partial charge in [-0.05, 0) is 31.0 Å². The van der Waals surface area contributed by atoms with E-state index < -0.39 is 18.1 Å². The van der Waals surface area contributed by atoms with E-state index in [0.29, 0.717) is 17.4 Å². The molecule has 2 atom stereocenters. The molecule has 1 aliphatic heterocycles. The fraction of sp³-hybridized carbons (Fsp3) is 0.368. The van der Waals surface area contributed by atoms with Crippen molar-refractivity contribution < 1.29 is 23.9 Å². The predicted octanol–water partition coefficient (Wildman–Crippen LogP) is 0.961. The normalized spacial score (nSPS) is 16.2. The topological polar surface area (TPSA) is 148 Å². The lowest BCUT2D eigenvalue weighted by atomic mass is 10.0. The van der Waals surface area contributed by atoms with Gasteiger partial charge in [-0.2, -0.15) is 0 Å². The first kappa shape index (κ1) is 20.3. The molecule has 10 heteroatoms. The summed E-state index contributed by atoms with van der Waals surface area (Å²) in [6, 6.07) is 4.41. The van der Waals surface area contributed by atoms with E-state index in [4.69, 9.17) is 15.2 Å². The minimum Gasteiger partial charge on any atom is -0.478 e. The summed E-state index contributed by atoms with van der Waals surface area (Å²) in [6.07, 6.45) is 2.93. The molecule has 2 aromatic rings. The molecule has 2 heterocycles. The van der Waals surface area contributed by atoms with Crippen LogP contribution in [0, 0.1) is 0 Å². The number of aromatic amines is 1. The van der Waals surface area contributed by atoms with Crippen LogP contribution in [0.5, 0.6) is 5.75 Å². The van der Waals surface area contributed by atoms with E-state index in [1.807, 2.05) is 0 Å². The summed E-state index contributed by atoms with van der Waals surface area (Å²) >= 11 is 0. The highest BCUT2D eigenvalue weighted by atomic mass is 16.5. The number of benzene rings is 1. The first-order valence-corrected chi connectivity index (χ1v) is 9.28. The molecular formula is C19H23N5O5. The average Bonchev–Trinajstić information content (AvgIpc) is 3.19. The van der Waals surface area contributed by atoms with Crippen molar-refractivity contribution >= 4 is 29.4 Å². The molecule has 0 aliphatic carbocycles. The molecule has 0 radical (unpaired) electrons. The van der Waals surface area contributed by atoms with E-state index in [9.17, 15) is 14.4 Å². The minimum absolute atomic E-state index is 0.0978. The summed E-state index contributed by atoms with van der Waals surface area (Å²) in [5.74, 6) is -0.239. The zero-order valence-corrected chi connectivity index (χ0v) is 15.9. The lowest BCUT2D eigenvalue weighted by Gasteiger charge is -2.26. The number of hydrogen-bond acceptors (Lipinski definition) is 7. The van der Waals surface area contributed by atoms with Crippen LogP contribution in [0.25, 0.3) is 0 Å². The Morgan fingerprint density at radius 3 is 2.97 bits per heavy atom. The monoisotopic (exact) mass is 401 g/mol. The molecule has 29 heavy (non-hydrogen) atoms.